The maximum atomic E-state index is 12.2. The SMILES string of the molecule is O=C(NCCCNc1ncccn1)c1ccc2ccccc2c1. The molecule has 0 atom stereocenters. The lowest BCUT2D eigenvalue weighted by molar-refractivity contribution is 0.0953. The smallest absolute Gasteiger partial charge is 0.251 e. The van der Waals surface area contributed by atoms with Gasteiger partial charge in [0.05, 0.1) is 0 Å². The number of fused-ring (bicyclic) bond motifs is 1. The van der Waals surface area contributed by atoms with Gasteiger partial charge in [0.15, 0.2) is 0 Å². The Morgan fingerprint density at radius 3 is 2.52 bits per heavy atom. The van der Waals surface area contributed by atoms with Gasteiger partial charge in [-0.2, -0.15) is 0 Å². The number of nitrogens with one attached hydrogen (secondary N) is 2. The van der Waals surface area contributed by atoms with Gasteiger partial charge in [0.1, 0.15) is 0 Å². The number of amides is 1. The van der Waals surface area contributed by atoms with Crippen LogP contribution < -0.4 is 10.6 Å². The third-order valence-electron chi connectivity index (χ3n) is 3.50. The second kappa shape index (κ2) is 7.35. The molecule has 0 saturated carbocycles. The molecule has 0 spiro atoms. The van der Waals surface area contributed by atoms with Gasteiger partial charge in [-0.3, -0.25) is 4.79 Å². The number of nitrogens with zero attached hydrogens (tertiary/aromatic N) is 2. The van der Waals surface area contributed by atoms with Crippen LogP contribution in [0, 0.1) is 0 Å². The lowest BCUT2D eigenvalue weighted by Gasteiger charge is -2.07. The van der Waals surface area contributed by atoms with E-state index in [1.165, 1.54) is 0 Å². The Balaban J connectivity index is 1.47. The van der Waals surface area contributed by atoms with E-state index in [-0.39, 0.29) is 5.91 Å². The first-order valence-electron chi connectivity index (χ1n) is 7.61. The Labute approximate surface area is 134 Å². The molecule has 2 N–H and O–H groups in total. The molecule has 1 aromatic heterocycles. The van der Waals surface area contributed by atoms with Gasteiger partial charge in [-0.05, 0) is 35.4 Å². The molecular formula is C18H18N4O. The molecule has 3 rings (SSSR count). The van der Waals surface area contributed by atoms with Gasteiger partial charge in [-0.25, -0.2) is 9.97 Å². The largest absolute Gasteiger partial charge is 0.354 e. The number of benzene rings is 2. The molecule has 5 nitrogen and oxygen atoms in total. The van der Waals surface area contributed by atoms with Gasteiger partial charge in [-0.15, -0.1) is 0 Å². The molecule has 3 aromatic rings. The fraction of sp³-hybridized carbons (Fsp3) is 0.167. The lowest BCUT2D eigenvalue weighted by Crippen LogP contribution is -2.25. The second-order valence-corrected chi connectivity index (χ2v) is 5.17. The predicted octanol–water partition coefficient (Wildman–Crippen LogP) is 2.86. The highest BCUT2D eigenvalue weighted by atomic mass is 16.1. The third-order valence-corrected chi connectivity index (χ3v) is 3.50. The van der Waals surface area contributed by atoms with Crippen LogP contribution >= 0.6 is 0 Å². The minimum atomic E-state index is -0.0493. The third kappa shape index (κ3) is 4.03. The summed E-state index contributed by atoms with van der Waals surface area (Å²) >= 11 is 0. The summed E-state index contributed by atoms with van der Waals surface area (Å²) < 4.78 is 0. The fourth-order valence-corrected chi connectivity index (χ4v) is 2.31. The van der Waals surface area contributed by atoms with Gasteiger partial charge in [0.25, 0.3) is 5.91 Å². The summed E-state index contributed by atoms with van der Waals surface area (Å²) in [4.78, 5) is 20.3. The first-order valence-corrected chi connectivity index (χ1v) is 7.61. The van der Waals surface area contributed by atoms with Crippen molar-refractivity contribution in [2.24, 2.45) is 0 Å². The van der Waals surface area contributed by atoms with E-state index in [2.05, 4.69) is 20.6 Å². The molecule has 0 unspecified atom stereocenters. The van der Waals surface area contributed by atoms with Gasteiger partial charge >= 0.3 is 0 Å². The molecule has 2 aromatic carbocycles. The minimum absolute atomic E-state index is 0.0493. The van der Waals surface area contributed by atoms with Gasteiger partial charge < -0.3 is 10.6 Å². The Morgan fingerprint density at radius 1 is 0.913 bits per heavy atom. The van der Waals surface area contributed by atoms with Crippen LogP contribution in [0.5, 0.6) is 0 Å². The van der Waals surface area contributed by atoms with Crippen molar-refractivity contribution in [1.82, 2.24) is 15.3 Å². The molecule has 0 fully saturated rings. The lowest BCUT2D eigenvalue weighted by atomic mass is 10.1. The van der Waals surface area contributed by atoms with Crippen LogP contribution in [0.1, 0.15) is 16.8 Å². The van der Waals surface area contributed by atoms with Gasteiger partial charge in [-0.1, -0.05) is 30.3 Å². The van der Waals surface area contributed by atoms with Gasteiger partial charge in [0.2, 0.25) is 5.95 Å². The Morgan fingerprint density at radius 2 is 1.70 bits per heavy atom. The zero-order valence-corrected chi connectivity index (χ0v) is 12.7. The van der Waals surface area contributed by atoms with Crippen molar-refractivity contribution in [3.8, 4) is 0 Å². The maximum absolute atomic E-state index is 12.2. The summed E-state index contributed by atoms with van der Waals surface area (Å²) in [5.74, 6) is 0.556. The first-order chi connectivity index (χ1) is 11.3. The Kier molecular flexibility index (Phi) is 4.79. The number of aromatic nitrogens is 2. The van der Waals surface area contributed by atoms with Crippen molar-refractivity contribution in [3.63, 3.8) is 0 Å². The van der Waals surface area contributed by atoms with Crippen molar-refractivity contribution in [2.75, 3.05) is 18.4 Å². The molecule has 1 amide bonds. The summed E-state index contributed by atoms with van der Waals surface area (Å²) in [5.41, 5.74) is 0.683. The van der Waals surface area contributed by atoms with E-state index in [0.717, 1.165) is 17.2 Å². The van der Waals surface area contributed by atoms with Crippen LogP contribution in [0.15, 0.2) is 60.9 Å². The summed E-state index contributed by atoms with van der Waals surface area (Å²) in [6.07, 6.45) is 4.19. The number of carbonyl (C=O) groups is 1. The van der Waals surface area contributed by atoms with Crippen LogP contribution in [-0.4, -0.2) is 29.0 Å². The molecule has 23 heavy (non-hydrogen) atoms. The normalized spacial score (nSPS) is 10.4. The molecule has 0 radical (unpaired) electrons. The molecule has 1 heterocycles. The van der Waals surface area contributed by atoms with Crippen molar-refractivity contribution in [1.29, 1.82) is 0 Å². The topological polar surface area (TPSA) is 66.9 Å². The number of rotatable bonds is 6. The number of carbonyl (C=O) groups excluding carboxylic acids is 1. The summed E-state index contributed by atoms with van der Waals surface area (Å²) in [7, 11) is 0. The average Bonchev–Trinajstić information content (AvgIpc) is 2.61. The summed E-state index contributed by atoms with van der Waals surface area (Å²) in [6, 6.07) is 15.5. The standard InChI is InChI=1S/C18H18N4O/c23-17(16-8-7-14-5-1-2-6-15(14)13-16)19-9-3-10-20-18-21-11-4-12-22-18/h1-2,4-8,11-13H,3,9-10H2,(H,19,23)(H,20,21,22). The Bertz CT molecular complexity index is 789. The van der Waals surface area contributed by atoms with Crippen LogP contribution in [0.4, 0.5) is 5.95 Å². The van der Waals surface area contributed by atoms with Gasteiger partial charge in [0, 0.05) is 31.0 Å². The van der Waals surface area contributed by atoms with Crippen molar-refractivity contribution in [2.45, 2.75) is 6.42 Å². The van der Waals surface area contributed by atoms with Crippen LogP contribution in [0.2, 0.25) is 0 Å². The van der Waals surface area contributed by atoms with E-state index in [1.807, 2.05) is 42.5 Å². The van der Waals surface area contributed by atoms with Crippen LogP contribution in [0.25, 0.3) is 10.8 Å². The molecule has 5 heteroatoms. The number of hydrogen-bond donors (Lipinski definition) is 2. The maximum Gasteiger partial charge on any atom is 0.251 e. The molecule has 0 saturated heterocycles. The highest BCUT2D eigenvalue weighted by Gasteiger charge is 2.05. The minimum Gasteiger partial charge on any atom is -0.354 e. The van der Waals surface area contributed by atoms with E-state index in [0.29, 0.717) is 24.6 Å². The van der Waals surface area contributed by atoms with E-state index >= 15 is 0 Å². The summed E-state index contributed by atoms with van der Waals surface area (Å²) in [5, 5.41) is 8.25. The predicted molar refractivity (Wildman–Crippen MR) is 91.4 cm³/mol. The molecule has 0 aliphatic heterocycles. The zero-order chi connectivity index (χ0) is 15.9. The molecule has 0 bridgehead atoms. The van der Waals surface area contributed by atoms with E-state index in [4.69, 9.17) is 0 Å². The zero-order valence-electron chi connectivity index (χ0n) is 12.7. The van der Waals surface area contributed by atoms with Crippen molar-refractivity contribution >= 4 is 22.6 Å². The Hall–Kier alpha value is -2.95. The molecule has 0 aliphatic rings. The van der Waals surface area contributed by atoms with E-state index in [1.54, 1.807) is 18.5 Å². The highest BCUT2D eigenvalue weighted by molar-refractivity contribution is 5.98. The van der Waals surface area contributed by atoms with E-state index in [9.17, 15) is 4.79 Å². The second-order valence-electron chi connectivity index (χ2n) is 5.17. The van der Waals surface area contributed by atoms with Crippen LogP contribution in [-0.2, 0) is 0 Å². The monoisotopic (exact) mass is 306 g/mol. The fourth-order valence-electron chi connectivity index (χ4n) is 2.31. The number of anilines is 1. The van der Waals surface area contributed by atoms with E-state index < -0.39 is 0 Å². The van der Waals surface area contributed by atoms with Crippen molar-refractivity contribution < 1.29 is 4.79 Å². The number of hydrogen-bond acceptors (Lipinski definition) is 4. The first kappa shape index (κ1) is 15.0. The molecule has 116 valence electrons. The van der Waals surface area contributed by atoms with Crippen molar-refractivity contribution in [3.05, 3.63) is 66.5 Å². The molecule has 0 aliphatic carbocycles. The highest BCUT2D eigenvalue weighted by Crippen LogP contribution is 2.15. The quantitative estimate of drug-likeness (QED) is 0.687. The molecular weight excluding hydrogens is 288 g/mol. The average molecular weight is 306 g/mol. The van der Waals surface area contributed by atoms with Crippen LogP contribution in [0.3, 0.4) is 0 Å². The summed E-state index contributed by atoms with van der Waals surface area (Å²) in [6.45, 7) is 1.31.